The van der Waals surface area contributed by atoms with Crippen molar-refractivity contribution in [3.05, 3.63) is 12.2 Å². The topological polar surface area (TPSA) is 17.1 Å². The molecule has 8 heavy (non-hydrogen) atoms. The van der Waals surface area contributed by atoms with Gasteiger partial charge in [0.2, 0.25) is 0 Å². The highest BCUT2D eigenvalue weighted by molar-refractivity contribution is 5.53. The zero-order valence-electron chi connectivity index (χ0n) is 5.48. The minimum absolute atomic E-state index is 0.146. The molecule has 0 aromatic rings. The van der Waals surface area contributed by atoms with Gasteiger partial charge < -0.3 is 4.79 Å². The maximum absolute atomic E-state index is 10.00. The van der Waals surface area contributed by atoms with Crippen LogP contribution in [0, 0.1) is 5.92 Å². The van der Waals surface area contributed by atoms with Crippen LogP contribution in [0.25, 0.3) is 0 Å². The van der Waals surface area contributed by atoms with Gasteiger partial charge in [0.15, 0.2) is 0 Å². The van der Waals surface area contributed by atoms with Crippen LogP contribution in [0.1, 0.15) is 20.3 Å². The van der Waals surface area contributed by atoms with Gasteiger partial charge in [-0.1, -0.05) is 12.5 Å². The Bertz CT molecular complexity index is 94.6. The summed E-state index contributed by atoms with van der Waals surface area (Å²) in [6.07, 6.45) is 1.78. The minimum Gasteiger partial charge on any atom is -0.303 e. The van der Waals surface area contributed by atoms with Gasteiger partial charge in [-0.2, -0.15) is 0 Å². The molecule has 1 nitrogen and oxygen atoms in total. The van der Waals surface area contributed by atoms with E-state index >= 15 is 0 Å². The summed E-state index contributed by atoms with van der Waals surface area (Å²) in [5.41, 5.74) is 1.07. The Labute approximate surface area is 50.4 Å². The Kier molecular flexibility index (Phi) is 3.16. The van der Waals surface area contributed by atoms with Gasteiger partial charge in [0.1, 0.15) is 6.29 Å². The first-order valence-electron chi connectivity index (χ1n) is 2.76. The van der Waals surface area contributed by atoms with Crippen molar-refractivity contribution in [2.45, 2.75) is 20.3 Å². The second-order valence-electron chi connectivity index (χ2n) is 2.27. The molecule has 0 heterocycles. The van der Waals surface area contributed by atoms with Gasteiger partial charge in [-0.25, -0.2) is 0 Å². The third-order valence-corrected chi connectivity index (χ3v) is 0.903. The van der Waals surface area contributed by atoms with Gasteiger partial charge >= 0.3 is 0 Å². The Hall–Kier alpha value is -0.590. The fourth-order valence-corrected chi connectivity index (χ4v) is 0.598. The number of allylic oxidation sites excluding steroid dienone is 1. The van der Waals surface area contributed by atoms with E-state index in [4.69, 9.17) is 0 Å². The molecule has 1 heteroatoms. The molecule has 46 valence electrons. The van der Waals surface area contributed by atoms with Crippen molar-refractivity contribution in [1.82, 2.24) is 0 Å². The van der Waals surface area contributed by atoms with Crippen LogP contribution in [-0.2, 0) is 4.79 Å². The molecule has 0 amide bonds. The fraction of sp³-hybridized carbons (Fsp3) is 0.571. The largest absolute Gasteiger partial charge is 0.303 e. The molecule has 0 aliphatic heterocycles. The molecule has 0 saturated heterocycles. The summed E-state index contributed by atoms with van der Waals surface area (Å²) in [5, 5.41) is 0. The monoisotopic (exact) mass is 112 g/mol. The third kappa shape index (κ3) is 3.59. The number of rotatable bonds is 3. The molecule has 0 aromatic carbocycles. The first kappa shape index (κ1) is 7.41. The summed E-state index contributed by atoms with van der Waals surface area (Å²) in [7, 11) is 0. The predicted molar refractivity (Wildman–Crippen MR) is 34.7 cm³/mol. The normalized spacial score (nSPS) is 12.8. The SMILES string of the molecule is C=C(C)CC(C)C=O. The Balaban J connectivity index is 3.38. The summed E-state index contributed by atoms with van der Waals surface area (Å²) in [6, 6.07) is 0. The van der Waals surface area contributed by atoms with Gasteiger partial charge in [-0.05, 0) is 13.3 Å². The van der Waals surface area contributed by atoms with Gasteiger partial charge in [0, 0.05) is 5.92 Å². The molecular weight excluding hydrogens is 100 g/mol. The number of hydrogen-bond donors (Lipinski definition) is 0. The van der Waals surface area contributed by atoms with Crippen LogP contribution in [0.3, 0.4) is 0 Å². The Morgan fingerprint density at radius 3 is 2.50 bits per heavy atom. The van der Waals surface area contributed by atoms with E-state index in [1.807, 2.05) is 13.8 Å². The van der Waals surface area contributed by atoms with Crippen LogP contribution in [0.15, 0.2) is 12.2 Å². The van der Waals surface area contributed by atoms with Gasteiger partial charge in [-0.15, -0.1) is 6.58 Å². The number of hydrogen-bond acceptors (Lipinski definition) is 1. The first-order chi connectivity index (χ1) is 3.66. The van der Waals surface area contributed by atoms with E-state index in [-0.39, 0.29) is 5.92 Å². The van der Waals surface area contributed by atoms with Crippen LogP contribution in [-0.4, -0.2) is 6.29 Å². The van der Waals surface area contributed by atoms with Crippen LogP contribution in [0.4, 0.5) is 0 Å². The predicted octanol–water partition coefficient (Wildman–Crippen LogP) is 1.79. The molecule has 1 atom stereocenters. The van der Waals surface area contributed by atoms with E-state index < -0.39 is 0 Å². The van der Waals surface area contributed by atoms with Crippen LogP contribution in [0.5, 0.6) is 0 Å². The lowest BCUT2D eigenvalue weighted by Gasteiger charge is -1.98. The van der Waals surface area contributed by atoms with Crippen LogP contribution < -0.4 is 0 Å². The highest BCUT2D eigenvalue weighted by Gasteiger charge is 1.96. The molecule has 0 aliphatic rings. The summed E-state index contributed by atoms with van der Waals surface area (Å²) < 4.78 is 0. The molecule has 0 aliphatic carbocycles. The number of aldehydes is 1. The van der Waals surface area contributed by atoms with Crippen LogP contribution in [0.2, 0.25) is 0 Å². The van der Waals surface area contributed by atoms with E-state index in [1.54, 1.807) is 0 Å². The van der Waals surface area contributed by atoms with E-state index in [1.165, 1.54) is 0 Å². The Morgan fingerprint density at radius 2 is 2.38 bits per heavy atom. The molecule has 0 N–H and O–H groups in total. The van der Waals surface area contributed by atoms with E-state index in [0.29, 0.717) is 0 Å². The molecule has 0 aromatic heterocycles. The molecular formula is C7H12O. The average Bonchev–Trinajstić information content (AvgIpc) is 1.65. The Morgan fingerprint density at radius 1 is 1.88 bits per heavy atom. The van der Waals surface area contributed by atoms with Crippen molar-refractivity contribution in [3.8, 4) is 0 Å². The zero-order chi connectivity index (χ0) is 6.57. The van der Waals surface area contributed by atoms with Crippen molar-refractivity contribution in [2.24, 2.45) is 5.92 Å². The second kappa shape index (κ2) is 3.42. The highest BCUT2D eigenvalue weighted by atomic mass is 16.1. The summed E-state index contributed by atoms with van der Waals surface area (Å²) in [6.45, 7) is 7.51. The smallest absolute Gasteiger partial charge is 0.123 e. The van der Waals surface area contributed by atoms with E-state index in [2.05, 4.69) is 6.58 Å². The molecule has 0 bridgehead atoms. The maximum Gasteiger partial charge on any atom is 0.123 e. The molecule has 0 rings (SSSR count). The lowest BCUT2D eigenvalue weighted by atomic mass is 10.1. The zero-order valence-corrected chi connectivity index (χ0v) is 5.48. The third-order valence-electron chi connectivity index (χ3n) is 0.903. The summed E-state index contributed by atoms with van der Waals surface area (Å²) in [4.78, 5) is 10.00. The van der Waals surface area contributed by atoms with Gasteiger partial charge in [0.25, 0.3) is 0 Å². The molecule has 0 saturated carbocycles. The lowest BCUT2D eigenvalue weighted by molar-refractivity contribution is -0.110. The fourth-order valence-electron chi connectivity index (χ4n) is 0.598. The van der Waals surface area contributed by atoms with Gasteiger partial charge in [-0.3, -0.25) is 0 Å². The number of carbonyl (C=O) groups is 1. The molecule has 0 radical (unpaired) electrons. The molecule has 0 fully saturated rings. The van der Waals surface area contributed by atoms with Crippen molar-refractivity contribution in [1.29, 1.82) is 0 Å². The van der Waals surface area contributed by atoms with Crippen molar-refractivity contribution < 1.29 is 4.79 Å². The van der Waals surface area contributed by atoms with Crippen molar-refractivity contribution in [2.75, 3.05) is 0 Å². The molecule has 0 spiro atoms. The standard InChI is InChI=1S/C7H12O/c1-6(2)4-7(3)5-8/h5,7H,1,4H2,2-3H3. The molecule has 1 unspecified atom stereocenters. The maximum atomic E-state index is 10.00. The first-order valence-corrected chi connectivity index (χ1v) is 2.76. The van der Waals surface area contributed by atoms with Gasteiger partial charge in [0.05, 0.1) is 0 Å². The second-order valence-corrected chi connectivity index (χ2v) is 2.27. The van der Waals surface area contributed by atoms with E-state index in [9.17, 15) is 4.79 Å². The highest BCUT2D eigenvalue weighted by Crippen LogP contribution is 2.04. The van der Waals surface area contributed by atoms with E-state index in [0.717, 1.165) is 18.3 Å². The summed E-state index contributed by atoms with van der Waals surface area (Å²) >= 11 is 0. The minimum atomic E-state index is 0.146. The van der Waals surface area contributed by atoms with Crippen molar-refractivity contribution in [3.63, 3.8) is 0 Å². The lowest BCUT2D eigenvalue weighted by Crippen LogP contribution is -1.94. The van der Waals surface area contributed by atoms with Crippen LogP contribution >= 0.6 is 0 Å². The quantitative estimate of drug-likeness (QED) is 0.402. The summed E-state index contributed by atoms with van der Waals surface area (Å²) in [5.74, 6) is 0.146. The van der Waals surface area contributed by atoms with Crippen molar-refractivity contribution >= 4 is 6.29 Å². The average molecular weight is 112 g/mol. The number of carbonyl (C=O) groups excluding carboxylic acids is 1.